The van der Waals surface area contributed by atoms with Crippen molar-refractivity contribution in [1.82, 2.24) is 20.4 Å². The van der Waals surface area contributed by atoms with Gasteiger partial charge < -0.3 is 15.4 Å². The third kappa shape index (κ3) is 6.07. The number of carbonyl (C=O) groups is 3. The SMILES string of the molecule is COCCC(C)NC(=O)C(=O)c1ccc(CNC(=O)c2cccc3c2cnn3-c2ccc(F)cc2)cc1. The Bertz CT molecular complexity index is 1410. The van der Waals surface area contributed by atoms with E-state index in [4.69, 9.17) is 4.74 Å². The highest BCUT2D eigenvalue weighted by molar-refractivity contribution is 6.42. The summed E-state index contributed by atoms with van der Waals surface area (Å²) in [7, 11) is 1.58. The van der Waals surface area contributed by atoms with Crippen molar-refractivity contribution >= 4 is 28.5 Å². The maximum absolute atomic E-state index is 13.3. The van der Waals surface area contributed by atoms with Crippen LogP contribution >= 0.6 is 0 Å². The molecule has 4 rings (SSSR count). The Morgan fingerprint density at radius 1 is 1.03 bits per heavy atom. The van der Waals surface area contributed by atoms with Gasteiger partial charge in [0, 0.05) is 37.3 Å². The summed E-state index contributed by atoms with van der Waals surface area (Å²) in [5.41, 5.74) is 2.90. The highest BCUT2D eigenvalue weighted by Crippen LogP contribution is 2.22. The lowest BCUT2D eigenvalue weighted by Gasteiger charge is -2.12. The molecular formula is C28H27FN4O4. The summed E-state index contributed by atoms with van der Waals surface area (Å²) in [6.45, 7) is 2.53. The second kappa shape index (κ2) is 11.6. The molecule has 37 heavy (non-hydrogen) atoms. The molecule has 0 spiro atoms. The zero-order valence-corrected chi connectivity index (χ0v) is 20.5. The number of benzene rings is 3. The first-order valence-corrected chi connectivity index (χ1v) is 11.8. The summed E-state index contributed by atoms with van der Waals surface area (Å²) in [5, 5.41) is 10.6. The summed E-state index contributed by atoms with van der Waals surface area (Å²) < 4.78 is 19.9. The predicted molar refractivity (Wildman–Crippen MR) is 137 cm³/mol. The zero-order chi connectivity index (χ0) is 26.4. The molecule has 1 heterocycles. The molecule has 1 unspecified atom stereocenters. The van der Waals surface area contributed by atoms with Crippen LogP contribution in [0.2, 0.25) is 0 Å². The number of halogens is 1. The fourth-order valence-electron chi connectivity index (χ4n) is 3.88. The summed E-state index contributed by atoms with van der Waals surface area (Å²) in [5.74, 6) is -1.91. The molecule has 0 saturated carbocycles. The van der Waals surface area contributed by atoms with E-state index in [2.05, 4.69) is 15.7 Å². The minimum atomic E-state index is -0.668. The van der Waals surface area contributed by atoms with Crippen LogP contribution in [-0.4, -0.2) is 47.1 Å². The first kappa shape index (κ1) is 25.7. The number of ether oxygens (including phenoxy) is 1. The van der Waals surface area contributed by atoms with Crippen molar-refractivity contribution in [2.24, 2.45) is 0 Å². The predicted octanol–water partition coefficient (Wildman–Crippen LogP) is 3.82. The number of nitrogens with one attached hydrogen (secondary N) is 2. The molecule has 0 aliphatic heterocycles. The Hall–Kier alpha value is -4.37. The molecule has 0 bridgehead atoms. The van der Waals surface area contributed by atoms with Gasteiger partial charge in [0.2, 0.25) is 5.78 Å². The molecule has 0 radical (unpaired) electrons. The van der Waals surface area contributed by atoms with E-state index in [1.165, 1.54) is 12.1 Å². The second-order valence-electron chi connectivity index (χ2n) is 8.64. The summed E-state index contributed by atoms with van der Waals surface area (Å²) in [6.07, 6.45) is 2.21. The quantitative estimate of drug-likeness (QED) is 0.254. The van der Waals surface area contributed by atoms with Crippen LogP contribution in [0.25, 0.3) is 16.6 Å². The van der Waals surface area contributed by atoms with Crippen molar-refractivity contribution in [3.8, 4) is 5.69 Å². The number of Topliss-reactive ketones (excluding diaryl/α,β-unsaturated/α-hetero) is 1. The Kier molecular flexibility index (Phi) is 8.05. The summed E-state index contributed by atoms with van der Waals surface area (Å²) in [4.78, 5) is 37.6. The lowest BCUT2D eigenvalue weighted by molar-refractivity contribution is -0.117. The molecule has 4 aromatic rings. The number of fused-ring (bicyclic) bond motifs is 1. The molecule has 3 aromatic carbocycles. The highest BCUT2D eigenvalue weighted by atomic mass is 19.1. The number of amides is 2. The van der Waals surface area contributed by atoms with E-state index in [0.717, 1.165) is 11.1 Å². The van der Waals surface area contributed by atoms with E-state index in [-0.39, 0.29) is 29.9 Å². The Morgan fingerprint density at radius 3 is 2.46 bits per heavy atom. The van der Waals surface area contributed by atoms with E-state index < -0.39 is 11.7 Å². The second-order valence-corrected chi connectivity index (χ2v) is 8.64. The van der Waals surface area contributed by atoms with Crippen molar-refractivity contribution in [2.75, 3.05) is 13.7 Å². The van der Waals surface area contributed by atoms with Crippen LogP contribution in [0.1, 0.15) is 39.6 Å². The third-order valence-electron chi connectivity index (χ3n) is 5.94. The van der Waals surface area contributed by atoms with Gasteiger partial charge in [-0.3, -0.25) is 14.4 Å². The van der Waals surface area contributed by atoms with E-state index in [0.29, 0.717) is 29.7 Å². The molecule has 0 aliphatic carbocycles. The molecule has 190 valence electrons. The van der Waals surface area contributed by atoms with Gasteiger partial charge in [-0.2, -0.15) is 5.10 Å². The minimum absolute atomic E-state index is 0.182. The van der Waals surface area contributed by atoms with E-state index >= 15 is 0 Å². The third-order valence-corrected chi connectivity index (χ3v) is 5.94. The normalized spacial score (nSPS) is 11.8. The van der Waals surface area contributed by atoms with Crippen molar-refractivity contribution < 1.29 is 23.5 Å². The number of ketones is 1. The van der Waals surface area contributed by atoms with E-state index in [9.17, 15) is 18.8 Å². The monoisotopic (exact) mass is 502 g/mol. The average Bonchev–Trinajstić information content (AvgIpc) is 3.35. The van der Waals surface area contributed by atoms with Crippen LogP contribution in [0.4, 0.5) is 4.39 Å². The fourth-order valence-corrected chi connectivity index (χ4v) is 3.88. The Balaban J connectivity index is 1.40. The molecule has 8 nitrogen and oxygen atoms in total. The van der Waals surface area contributed by atoms with Gasteiger partial charge in [0.1, 0.15) is 5.82 Å². The number of methoxy groups -OCH3 is 1. The van der Waals surface area contributed by atoms with Crippen molar-refractivity contribution in [2.45, 2.75) is 25.9 Å². The fraction of sp³-hybridized carbons (Fsp3) is 0.214. The minimum Gasteiger partial charge on any atom is -0.385 e. The summed E-state index contributed by atoms with van der Waals surface area (Å²) in [6, 6.07) is 17.6. The molecule has 9 heteroatoms. The van der Waals surface area contributed by atoms with Gasteiger partial charge in [-0.25, -0.2) is 9.07 Å². The lowest BCUT2D eigenvalue weighted by atomic mass is 10.1. The van der Waals surface area contributed by atoms with Crippen LogP contribution in [0.3, 0.4) is 0 Å². The molecule has 2 N–H and O–H groups in total. The van der Waals surface area contributed by atoms with Crippen LogP contribution < -0.4 is 10.6 Å². The number of rotatable bonds is 10. The maximum Gasteiger partial charge on any atom is 0.292 e. The van der Waals surface area contributed by atoms with Gasteiger partial charge in [-0.15, -0.1) is 0 Å². The van der Waals surface area contributed by atoms with Gasteiger partial charge in [0.25, 0.3) is 11.8 Å². The highest BCUT2D eigenvalue weighted by Gasteiger charge is 2.18. The van der Waals surface area contributed by atoms with Crippen LogP contribution in [0, 0.1) is 5.82 Å². The van der Waals surface area contributed by atoms with Gasteiger partial charge in [-0.05, 0) is 55.3 Å². The molecule has 0 saturated heterocycles. The van der Waals surface area contributed by atoms with Crippen molar-refractivity contribution in [3.63, 3.8) is 0 Å². The largest absolute Gasteiger partial charge is 0.385 e. The Labute approximate surface area is 213 Å². The van der Waals surface area contributed by atoms with Crippen LogP contribution in [0.5, 0.6) is 0 Å². The zero-order valence-electron chi connectivity index (χ0n) is 20.5. The van der Waals surface area contributed by atoms with Gasteiger partial charge in [0.05, 0.1) is 23.0 Å². The first-order chi connectivity index (χ1) is 17.9. The maximum atomic E-state index is 13.3. The van der Waals surface area contributed by atoms with Crippen LogP contribution in [-0.2, 0) is 16.1 Å². The number of aromatic nitrogens is 2. The van der Waals surface area contributed by atoms with Crippen LogP contribution in [0.15, 0.2) is 72.9 Å². The number of carbonyl (C=O) groups excluding carboxylic acids is 3. The van der Waals surface area contributed by atoms with Gasteiger partial charge >= 0.3 is 0 Å². The number of hydrogen-bond donors (Lipinski definition) is 2. The smallest absolute Gasteiger partial charge is 0.292 e. The lowest BCUT2D eigenvalue weighted by Crippen LogP contribution is -2.38. The topological polar surface area (TPSA) is 102 Å². The number of hydrogen-bond acceptors (Lipinski definition) is 5. The van der Waals surface area contributed by atoms with Crippen molar-refractivity contribution in [3.05, 3.63) is 95.4 Å². The first-order valence-electron chi connectivity index (χ1n) is 11.8. The van der Waals surface area contributed by atoms with Gasteiger partial charge in [0.15, 0.2) is 0 Å². The molecule has 1 atom stereocenters. The van der Waals surface area contributed by atoms with Crippen molar-refractivity contribution in [1.29, 1.82) is 0 Å². The Morgan fingerprint density at radius 2 is 1.76 bits per heavy atom. The van der Waals surface area contributed by atoms with E-state index in [1.807, 2.05) is 13.0 Å². The molecular weight excluding hydrogens is 475 g/mol. The average molecular weight is 503 g/mol. The molecule has 1 aromatic heterocycles. The van der Waals surface area contributed by atoms with E-state index in [1.54, 1.807) is 66.5 Å². The standard InChI is InChI=1S/C28H27FN4O4/c1-18(14-15-37-2)32-28(36)26(34)20-8-6-19(7-9-20)16-30-27(35)23-4-3-5-25-24(23)17-31-33(25)22-12-10-21(29)11-13-22/h3-13,17-18H,14-16H2,1-2H3,(H,30,35)(H,32,36). The molecule has 2 amide bonds. The number of nitrogens with zero attached hydrogens (tertiary/aromatic N) is 2. The van der Waals surface area contributed by atoms with Gasteiger partial charge in [-0.1, -0.05) is 30.3 Å². The molecule has 0 aliphatic rings. The molecule has 0 fully saturated rings. The summed E-state index contributed by atoms with van der Waals surface area (Å²) >= 11 is 0.